The van der Waals surface area contributed by atoms with E-state index in [1.807, 2.05) is 0 Å². The van der Waals surface area contributed by atoms with Gasteiger partial charge in [-0.3, -0.25) is 9.59 Å². The van der Waals surface area contributed by atoms with Crippen molar-refractivity contribution >= 4 is 29.1 Å². The van der Waals surface area contributed by atoms with Crippen molar-refractivity contribution < 1.29 is 14.0 Å². The van der Waals surface area contributed by atoms with Crippen molar-refractivity contribution in [1.29, 1.82) is 0 Å². The zero-order valence-corrected chi connectivity index (χ0v) is 13.7. The van der Waals surface area contributed by atoms with Crippen LogP contribution in [0.1, 0.15) is 5.56 Å². The van der Waals surface area contributed by atoms with E-state index in [1.165, 1.54) is 11.0 Å². The van der Waals surface area contributed by atoms with E-state index in [0.29, 0.717) is 29.4 Å². The summed E-state index contributed by atoms with van der Waals surface area (Å²) in [6.07, 6.45) is -0.0445. The van der Waals surface area contributed by atoms with Crippen molar-refractivity contribution in [1.82, 2.24) is 4.90 Å². The van der Waals surface area contributed by atoms with Crippen LogP contribution in [-0.4, -0.2) is 36.3 Å². The van der Waals surface area contributed by atoms with Crippen molar-refractivity contribution in [2.45, 2.75) is 6.42 Å². The van der Waals surface area contributed by atoms with Crippen LogP contribution in [0.4, 0.5) is 10.1 Å². The molecule has 0 bridgehead atoms. The SMILES string of the molecule is O=C(Cc1ccccc1F)N1CCN(c2cccc(Cl)c2)C(=O)C1. The van der Waals surface area contributed by atoms with Gasteiger partial charge in [0.25, 0.3) is 0 Å². The molecular formula is C18H16ClFN2O2. The lowest BCUT2D eigenvalue weighted by molar-refractivity contribution is -0.136. The van der Waals surface area contributed by atoms with E-state index in [-0.39, 0.29) is 24.8 Å². The van der Waals surface area contributed by atoms with Crippen LogP contribution in [0, 0.1) is 5.82 Å². The molecule has 0 aliphatic carbocycles. The minimum atomic E-state index is -0.408. The lowest BCUT2D eigenvalue weighted by atomic mass is 10.1. The summed E-state index contributed by atoms with van der Waals surface area (Å²) in [5.41, 5.74) is 1.06. The largest absolute Gasteiger partial charge is 0.331 e. The van der Waals surface area contributed by atoms with Crippen LogP contribution in [0.5, 0.6) is 0 Å². The first-order valence-corrected chi connectivity index (χ1v) is 7.99. The van der Waals surface area contributed by atoms with Gasteiger partial charge >= 0.3 is 0 Å². The fourth-order valence-electron chi connectivity index (χ4n) is 2.72. The molecule has 1 heterocycles. The molecule has 0 N–H and O–H groups in total. The second kappa shape index (κ2) is 7.01. The molecule has 6 heteroatoms. The molecule has 1 saturated heterocycles. The monoisotopic (exact) mass is 346 g/mol. The first-order chi connectivity index (χ1) is 11.5. The Hall–Kier alpha value is -2.40. The first kappa shape index (κ1) is 16.5. The maximum absolute atomic E-state index is 13.7. The van der Waals surface area contributed by atoms with Gasteiger partial charge in [-0.1, -0.05) is 35.9 Å². The third kappa shape index (κ3) is 3.57. The number of hydrogen-bond acceptors (Lipinski definition) is 2. The van der Waals surface area contributed by atoms with Crippen LogP contribution in [0.3, 0.4) is 0 Å². The zero-order valence-electron chi connectivity index (χ0n) is 12.9. The molecule has 1 fully saturated rings. The average Bonchev–Trinajstić information content (AvgIpc) is 2.56. The van der Waals surface area contributed by atoms with Crippen LogP contribution in [-0.2, 0) is 16.0 Å². The Labute approximate surface area is 144 Å². The van der Waals surface area contributed by atoms with Crippen LogP contribution in [0.25, 0.3) is 0 Å². The van der Waals surface area contributed by atoms with Gasteiger partial charge in [0.05, 0.1) is 6.42 Å². The average molecular weight is 347 g/mol. The maximum Gasteiger partial charge on any atom is 0.246 e. The van der Waals surface area contributed by atoms with E-state index in [2.05, 4.69) is 0 Å². The highest BCUT2D eigenvalue weighted by Crippen LogP contribution is 2.21. The Morgan fingerprint density at radius 1 is 1.12 bits per heavy atom. The number of rotatable bonds is 3. The van der Waals surface area contributed by atoms with Gasteiger partial charge in [0, 0.05) is 23.8 Å². The van der Waals surface area contributed by atoms with Gasteiger partial charge in [-0.2, -0.15) is 0 Å². The lowest BCUT2D eigenvalue weighted by Crippen LogP contribution is -2.52. The Morgan fingerprint density at radius 2 is 1.92 bits per heavy atom. The highest BCUT2D eigenvalue weighted by atomic mass is 35.5. The lowest BCUT2D eigenvalue weighted by Gasteiger charge is -2.34. The predicted molar refractivity (Wildman–Crippen MR) is 90.5 cm³/mol. The molecule has 0 saturated carbocycles. The molecule has 2 amide bonds. The topological polar surface area (TPSA) is 40.6 Å². The molecule has 3 rings (SSSR count). The number of carbonyl (C=O) groups excluding carboxylic acids is 2. The summed E-state index contributed by atoms with van der Waals surface area (Å²) >= 11 is 5.96. The molecule has 124 valence electrons. The van der Waals surface area contributed by atoms with Crippen LogP contribution >= 0.6 is 11.6 Å². The predicted octanol–water partition coefficient (Wildman–Crippen LogP) is 2.90. The summed E-state index contributed by atoms with van der Waals surface area (Å²) in [6.45, 7) is 0.785. The molecule has 1 aliphatic rings. The van der Waals surface area contributed by atoms with Crippen molar-refractivity contribution in [3.05, 3.63) is 64.9 Å². The van der Waals surface area contributed by atoms with Gasteiger partial charge in [-0.15, -0.1) is 0 Å². The number of amides is 2. The van der Waals surface area contributed by atoms with Crippen LogP contribution < -0.4 is 4.90 Å². The maximum atomic E-state index is 13.7. The zero-order chi connectivity index (χ0) is 17.1. The van der Waals surface area contributed by atoms with Gasteiger partial charge in [0.2, 0.25) is 11.8 Å². The highest BCUT2D eigenvalue weighted by Gasteiger charge is 2.28. The molecule has 2 aromatic carbocycles. The van der Waals surface area contributed by atoms with E-state index in [1.54, 1.807) is 47.4 Å². The Kier molecular flexibility index (Phi) is 4.81. The van der Waals surface area contributed by atoms with Crippen molar-refractivity contribution in [2.75, 3.05) is 24.5 Å². The molecule has 1 aliphatic heterocycles. The van der Waals surface area contributed by atoms with Crippen molar-refractivity contribution in [2.24, 2.45) is 0 Å². The minimum absolute atomic E-state index is 0.0141. The van der Waals surface area contributed by atoms with Gasteiger partial charge in [0.15, 0.2) is 0 Å². The summed E-state index contributed by atoms with van der Waals surface area (Å²) in [7, 11) is 0. The van der Waals surface area contributed by atoms with E-state index in [0.717, 1.165) is 0 Å². The third-order valence-electron chi connectivity index (χ3n) is 3.99. The Balaban J connectivity index is 1.66. The van der Waals surface area contributed by atoms with Crippen LogP contribution in [0.15, 0.2) is 48.5 Å². The summed E-state index contributed by atoms with van der Waals surface area (Å²) in [5.74, 6) is -0.834. The number of benzene rings is 2. The number of halogens is 2. The highest BCUT2D eigenvalue weighted by molar-refractivity contribution is 6.30. The molecule has 4 nitrogen and oxygen atoms in total. The molecule has 0 spiro atoms. The van der Waals surface area contributed by atoms with Gasteiger partial charge < -0.3 is 9.80 Å². The number of piperazine rings is 1. The summed E-state index contributed by atoms with van der Waals surface area (Å²) in [5, 5.41) is 0.554. The Bertz CT molecular complexity index is 781. The van der Waals surface area contributed by atoms with E-state index in [9.17, 15) is 14.0 Å². The quantitative estimate of drug-likeness (QED) is 0.857. The fourth-order valence-corrected chi connectivity index (χ4v) is 2.90. The van der Waals surface area contributed by atoms with E-state index in [4.69, 9.17) is 11.6 Å². The normalized spacial score (nSPS) is 14.8. The van der Waals surface area contributed by atoms with E-state index >= 15 is 0 Å². The number of anilines is 1. The number of carbonyl (C=O) groups is 2. The molecule has 0 radical (unpaired) electrons. The molecule has 0 aromatic heterocycles. The molecular weight excluding hydrogens is 331 g/mol. The molecule has 24 heavy (non-hydrogen) atoms. The summed E-state index contributed by atoms with van der Waals surface area (Å²) in [4.78, 5) is 27.8. The molecule has 0 atom stereocenters. The van der Waals surface area contributed by atoms with Gasteiger partial charge in [0.1, 0.15) is 12.4 Å². The summed E-state index contributed by atoms with van der Waals surface area (Å²) < 4.78 is 13.7. The fraction of sp³-hybridized carbons (Fsp3) is 0.222. The number of hydrogen-bond donors (Lipinski definition) is 0. The second-order valence-corrected chi connectivity index (χ2v) is 6.05. The van der Waals surface area contributed by atoms with Crippen molar-refractivity contribution in [3.63, 3.8) is 0 Å². The first-order valence-electron chi connectivity index (χ1n) is 7.62. The smallest absolute Gasteiger partial charge is 0.246 e. The molecule has 0 unspecified atom stereocenters. The molecule has 2 aromatic rings. The Morgan fingerprint density at radius 3 is 2.62 bits per heavy atom. The van der Waals surface area contributed by atoms with Crippen molar-refractivity contribution in [3.8, 4) is 0 Å². The van der Waals surface area contributed by atoms with Gasteiger partial charge in [-0.05, 0) is 29.8 Å². The number of nitrogens with zero attached hydrogens (tertiary/aromatic N) is 2. The van der Waals surface area contributed by atoms with Crippen LogP contribution in [0.2, 0.25) is 5.02 Å². The standard InChI is InChI=1S/C18H16ClFN2O2/c19-14-5-3-6-15(11-14)22-9-8-21(12-18(22)24)17(23)10-13-4-1-2-7-16(13)20/h1-7,11H,8-10,12H2. The van der Waals surface area contributed by atoms with E-state index < -0.39 is 5.82 Å². The minimum Gasteiger partial charge on any atom is -0.331 e. The third-order valence-corrected chi connectivity index (χ3v) is 4.23. The van der Waals surface area contributed by atoms with Gasteiger partial charge in [-0.25, -0.2) is 4.39 Å². The summed E-state index contributed by atoms with van der Waals surface area (Å²) in [6, 6.07) is 13.2. The second-order valence-electron chi connectivity index (χ2n) is 5.61.